The summed E-state index contributed by atoms with van der Waals surface area (Å²) >= 11 is 0. The second kappa shape index (κ2) is 70.8. The van der Waals surface area contributed by atoms with E-state index in [0.29, 0.717) is 73.9 Å². The summed E-state index contributed by atoms with van der Waals surface area (Å²) in [6, 6.07) is 0. The molecule has 0 aromatic carbocycles. The van der Waals surface area contributed by atoms with Gasteiger partial charge >= 0.3 is 23.9 Å². The molecule has 0 saturated carbocycles. The van der Waals surface area contributed by atoms with Crippen LogP contribution in [-0.4, -0.2) is 111 Å². The van der Waals surface area contributed by atoms with Gasteiger partial charge in [0.25, 0.3) is 0 Å². The molecule has 4 atom stereocenters. The standard InChI is InChI=1S/C88H166N2O8/c1-11-15-19-23-27-31-35-39-43-47-51-55-59-63-67-71-85(91)95-81(5)77-89(9,78-82(6)96-86(92)72-68-64-60-56-52-48-44-40-36-32-28-24-20-16-12-2)75-76-90(10,79-83(7)97-87(93)73-69-65-61-57-53-49-45-41-37-33-29-25-21-17-13-3)80-84(8)98-88(94)74-70-66-62-58-54-50-46-42-38-34-30-26-22-18-14-4/h39-46,81-84H,11-38,47-80H2,1-10H3/q+2. The third-order valence-corrected chi connectivity index (χ3v) is 19.9. The zero-order chi connectivity index (χ0) is 71.9. The molecule has 4 unspecified atom stereocenters. The summed E-state index contributed by atoms with van der Waals surface area (Å²) in [7, 11) is 4.39. The molecule has 0 aromatic heterocycles. The molecule has 0 heterocycles. The molecule has 0 fully saturated rings. The summed E-state index contributed by atoms with van der Waals surface area (Å²) in [5, 5.41) is 0. The first kappa shape index (κ1) is 94.8. The number of likely N-dealkylation sites (N-methyl/N-ethyl adjacent to an activating group) is 2. The van der Waals surface area contributed by atoms with Gasteiger partial charge in [-0.3, -0.25) is 19.2 Å². The smallest absolute Gasteiger partial charge is 0.306 e. The summed E-state index contributed by atoms with van der Waals surface area (Å²) in [4.78, 5) is 53.8. The number of quaternary nitrogens is 2. The van der Waals surface area contributed by atoms with Crippen LogP contribution in [0.2, 0.25) is 0 Å². The van der Waals surface area contributed by atoms with E-state index in [0.717, 1.165) is 103 Å². The van der Waals surface area contributed by atoms with Crippen LogP contribution in [0, 0.1) is 0 Å². The van der Waals surface area contributed by atoms with Crippen LogP contribution in [0.4, 0.5) is 0 Å². The largest absolute Gasteiger partial charge is 0.457 e. The zero-order valence-electron chi connectivity index (χ0n) is 66.9. The summed E-state index contributed by atoms with van der Waals surface area (Å²) in [6.07, 6.45) is 82.0. The maximum Gasteiger partial charge on any atom is 0.306 e. The molecule has 10 nitrogen and oxygen atoms in total. The first-order valence-electron chi connectivity index (χ1n) is 42.7. The lowest BCUT2D eigenvalue weighted by Gasteiger charge is -2.43. The van der Waals surface area contributed by atoms with Gasteiger partial charge in [0.1, 0.15) is 63.7 Å². The third kappa shape index (κ3) is 67.3. The van der Waals surface area contributed by atoms with Gasteiger partial charge in [-0.2, -0.15) is 0 Å². The van der Waals surface area contributed by atoms with Gasteiger partial charge in [-0.25, -0.2) is 0 Å². The number of unbranched alkanes of at least 4 members (excludes halogenated alkanes) is 44. The Morgan fingerprint density at radius 1 is 0.235 bits per heavy atom. The highest BCUT2D eigenvalue weighted by atomic mass is 16.6. The molecule has 0 radical (unpaired) electrons. The van der Waals surface area contributed by atoms with Crippen LogP contribution in [0.5, 0.6) is 0 Å². The molecule has 0 amide bonds. The number of carbonyl (C=O) groups is 4. The van der Waals surface area contributed by atoms with Crippen LogP contribution in [0.3, 0.4) is 0 Å². The van der Waals surface area contributed by atoms with E-state index in [9.17, 15) is 19.2 Å². The van der Waals surface area contributed by atoms with Crippen LogP contribution < -0.4 is 0 Å². The second-order valence-electron chi connectivity index (χ2n) is 31.0. The fourth-order valence-electron chi connectivity index (χ4n) is 14.1. The van der Waals surface area contributed by atoms with Crippen LogP contribution in [0.25, 0.3) is 0 Å². The summed E-state index contributed by atoms with van der Waals surface area (Å²) in [5.74, 6) is -0.624. The highest BCUT2D eigenvalue weighted by molar-refractivity contribution is 5.70. The molecule has 0 spiro atoms. The topological polar surface area (TPSA) is 105 Å². The van der Waals surface area contributed by atoms with E-state index in [1.165, 1.54) is 231 Å². The number of carbonyl (C=O) groups excluding carboxylic acids is 4. The van der Waals surface area contributed by atoms with Crippen LogP contribution in [0.15, 0.2) is 48.6 Å². The minimum Gasteiger partial charge on any atom is -0.457 e. The maximum absolute atomic E-state index is 13.5. The van der Waals surface area contributed by atoms with Gasteiger partial charge in [-0.1, -0.05) is 282 Å². The number of nitrogens with zero attached hydrogens (tertiary/aromatic N) is 2. The number of hydrogen-bond acceptors (Lipinski definition) is 8. The molecule has 0 aliphatic carbocycles. The van der Waals surface area contributed by atoms with Crippen molar-refractivity contribution in [1.29, 1.82) is 0 Å². The Kier molecular flexibility index (Phi) is 68.4. The lowest BCUT2D eigenvalue weighted by atomic mass is 10.1. The van der Waals surface area contributed by atoms with Crippen molar-refractivity contribution in [3.8, 4) is 0 Å². The van der Waals surface area contributed by atoms with Crippen molar-refractivity contribution in [1.82, 2.24) is 0 Å². The Bertz CT molecular complexity index is 1650. The van der Waals surface area contributed by atoms with E-state index in [2.05, 4.69) is 90.4 Å². The highest BCUT2D eigenvalue weighted by Crippen LogP contribution is 2.21. The third-order valence-electron chi connectivity index (χ3n) is 19.9. The molecular formula is C88H166N2O8+2. The van der Waals surface area contributed by atoms with Gasteiger partial charge in [-0.15, -0.1) is 0 Å². The summed E-state index contributed by atoms with van der Waals surface area (Å²) in [5.41, 5.74) is 0. The average Bonchev–Trinajstić information content (AvgIpc) is 0.837. The molecular weight excluding hydrogens is 1210 g/mol. The quantitative estimate of drug-likeness (QED) is 0.0195. The number of rotatable bonds is 75. The normalized spacial score (nSPS) is 14.5. The Labute approximate surface area is 609 Å². The van der Waals surface area contributed by atoms with E-state index < -0.39 is 0 Å². The Morgan fingerprint density at radius 2 is 0.378 bits per heavy atom. The van der Waals surface area contributed by atoms with E-state index in [-0.39, 0.29) is 48.3 Å². The molecule has 0 rings (SSSR count). The number of allylic oxidation sites excluding steroid dienone is 8. The lowest BCUT2D eigenvalue weighted by Crippen LogP contribution is -2.61. The molecule has 0 aromatic rings. The minimum atomic E-state index is -0.360. The predicted molar refractivity (Wildman–Crippen MR) is 422 cm³/mol. The Balaban J connectivity index is 5.92. The first-order valence-corrected chi connectivity index (χ1v) is 42.7. The minimum absolute atomic E-state index is 0.156. The number of ether oxygens (including phenoxy) is 4. The van der Waals surface area contributed by atoms with E-state index >= 15 is 0 Å². The van der Waals surface area contributed by atoms with Gasteiger partial charge in [0.15, 0.2) is 0 Å². The average molecular weight is 1380 g/mol. The maximum atomic E-state index is 13.5. The Hall–Kier alpha value is -3.24. The van der Waals surface area contributed by atoms with Crippen molar-refractivity contribution < 1.29 is 47.1 Å². The van der Waals surface area contributed by atoms with Gasteiger partial charge in [-0.05, 0) is 156 Å². The van der Waals surface area contributed by atoms with Crippen molar-refractivity contribution in [3.63, 3.8) is 0 Å². The highest BCUT2D eigenvalue weighted by Gasteiger charge is 2.37. The summed E-state index contributed by atoms with van der Waals surface area (Å²) < 4.78 is 25.8. The van der Waals surface area contributed by atoms with Crippen LogP contribution in [-0.2, 0) is 38.1 Å². The SMILES string of the molecule is CCCCCCCCC=CCCCCCCCC(=O)OC(C)C[N+](C)(CC[N+](C)(CC(C)OC(=O)CCCCCCCC=CCCCCCCCC)CC(C)OC(=O)CCCCCCCC=CCCCCCCCC)CC(C)OC(=O)CCCCCCCC=CCCCCCCCC. The molecule has 0 bridgehead atoms. The van der Waals surface area contributed by atoms with Gasteiger partial charge < -0.3 is 27.9 Å². The van der Waals surface area contributed by atoms with E-state index in [1.54, 1.807) is 0 Å². The Morgan fingerprint density at radius 3 is 0.541 bits per heavy atom. The summed E-state index contributed by atoms with van der Waals surface area (Å²) in [6.45, 7) is 20.6. The monoisotopic (exact) mass is 1380 g/mol. The van der Waals surface area contributed by atoms with Gasteiger partial charge in [0.2, 0.25) is 0 Å². The molecule has 574 valence electrons. The molecule has 0 N–H and O–H groups in total. The van der Waals surface area contributed by atoms with Crippen molar-refractivity contribution >= 4 is 23.9 Å². The molecule has 0 saturated heterocycles. The fraction of sp³-hybridized carbons (Fsp3) is 0.864. The molecule has 0 aliphatic heterocycles. The van der Waals surface area contributed by atoms with Crippen LogP contribution in [0.1, 0.15) is 415 Å². The molecule has 10 heteroatoms. The first-order chi connectivity index (χ1) is 47.6. The van der Waals surface area contributed by atoms with E-state index in [4.69, 9.17) is 18.9 Å². The molecule has 98 heavy (non-hydrogen) atoms. The van der Waals surface area contributed by atoms with Gasteiger partial charge in [0, 0.05) is 25.7 Å². The zero-order valence-corrected chi connectivity index (χ0v) is 66.9. The van der Waals surface area contributed by atoms with Crippen molar-refractivity contribution in [2.45, 2.75) is 439 Å². The van der Waals surface area contributed by atoms with Crippen molar-refractivity contribution in [3.05, 3.63) is 48.6 Å². The van der Waals surface area contributed by atoms with E-state index in [1.807, 2.05) is 27.7 Å². The van der Waals surface area contributed by atoms with Crippen molar-refractivity contribution in [2.75, 3.05) is 53.4 Å². The lowest BCUT2D eigenvalue weighted by molar-refractivity contribution is -0.968. The predicted octanol–water partition coefficient (Wildman–Crippen LogP) is 25.8. The number of hydrogen-bond donors (Lipinski definition) is 0. The second-order valence-corrected chi connectivity index (χ2v) is 31.0. The number of esters is 4. The van der Waals surface area contributed by atoms with Crippen LogP contribution >= 0.6 is 0 Å². The van der Waals surface area contributed by atoms with Gasteiger partial charge in [0.05, 0.1) is 14.1 Å². The molecule has 0 aliphatic rings. The fourth-order valence-corrected chi connectivity index (χ4v) is 14.1. The van der Waals surface area contributed by atoms with Crippen molar-refractivity contribution in [2.24, 2.45) is 0 Å².